The summed E-state index contributed by atoms with van der Waals surface area (Å²) in [5.41, 5.74) is 1.91. The average molecular weight is 136 g/mol. The summed E-state index contributed by atoms with van der Waals surface area (Å²) >= 11 is 0. The molecule has 0 radical (unpaired) electrons. The van der Waals surface area contributed by atoms with Crippen LogP contribution >= 0.6 is 0 Å². The lowest BCUT2D eigenvalue weighted by Gasteiger charge is -1.87. The molecule has 0 unspecified atom stereocenters. The molecule has 1 aromatic heterocycles. The molecule has 0 aliphatic rings. The molecule has 1 rings (SSSR count). The van der Waals surface area contributed by atoms with E-state index in [2.05, 4.69) is 20.6 Å². The fourth-order valence-corrected chi connectivity index (χ4v) is 0.567. The van der Waals surface area contributed by atoms with Crippen molar-refractivity contribution >= 4 is 6.08 Å². The van der Waals surface area contributed by atoms with Gasteiger partial charge in [-0.3, -0.25) is 0 Å². The minimum absolute atomic E-state index is 0.745. The van der Waals surface area contributed by atoms with E-state index in [0.717, 1.165) is 5.69 Å². The summed E-state index contributed by atoms with van der Waals surface area (Å²) in [4.78, 5) is 0. The van der Waals surface area contributed by atoms with E-state index in [-0.39, 0.29) is 0 Å². The molecule has 0 atom stereocenters. The summed E-state index contributed by atoms with van der Waals surface area (Å²) in [6, 6.07) is 0. The van der Waals surface area contributed by atoms with Gasteiger partial charge in [0.15, 0.2) is 0 Å². The van der Waals surface area contributed by atoms with E-state index in [1.165, 1.54) is 5.57 Å². The van der Waals surface area contributed by atoms with Crippen LogP contribution in [0.25, 0.3) is 6.08 Å². The molecular weight excluding hydrogens is 128 g/mol. The monoisotopic (exact) mass is 136 g/mol. The standard InChI is InChI=1S/C6H8N4/c1-5(2)3-6-4-7-9-10-8-6/h3-4H,1-2H3. The van der Waals surface area contributed by atoms with Gasteiger partial charge in [0.2, 0.25) is 0 Å². The molecule has 10 heavy (non-hydrogen) atoms. The molecule has 4 heteroatoms. The first kappa shape index (κ1) is 6.80. The van der Waals surface area contributed by atoms with Gasteiger partial charge in [0.05, 0.1) is 6.20 Å². The van der Waals surface area contributed by atoms with E-state index in [1.54, 1.807) is 6.20 Å². The summed E-state index contributed by atoms with van der Waals surface area (Å²) in [5, 5.41) is 14.0. The van der Waals surface area contributed by atoms with Gasteiger partial charge in [0.25, 0.3) is 0 Å². The Hall–Kier alpha value is -1.32. The number of hydrogen-bond acceptors (Lipinski definition) is 4. The Bertz CT molecular complexity index is 225. The highest BCUT2D eigenvalue weighted by Gasteiger charge is 1.86. The van der Waals surface area contributed by atoms with E-state index in [1.807, 2.05) is 19.9 Å². The molecule has 0 bridgehead atoms. The van der Waals surface area contributed by atoms with E-state index in [0.29, 0.717) is 0 Å². The third-order valence-corrected chi connectivity index (χ3v) is 0.878. The van der Waals surface area contributed by atoms with Crippen LogP contribution in [-0.2, 0) is 0 Å². The van der Waals surface area contributed by atoms with Gasteiger partial charge in [-0.05, 0) is 30.4 Å². The van der Waals surface area contributed by atoms with E-state index in [9.17, 15) is 0 Å². The first-order valence-corrected chi connectivity index (χ1v) is 2.95. The maximum atomic E-state index is 3.72. The molecule has 0 amide bonds. The molecule has 1 heterocycles. The lowest BCUT2D eigenvalue weighted by Crippen LogP contribution is -1.91. The van der Waals surface area contributed by atoms with Crippen LogP contribution in [0.1, 0.15) is 19.5 Å². The predicted octanol–water partition coefficient (Wildman–Crippen LogP) is 0.690. The van der Waals surface area contributed by atoms with Gasteiger partial charge >= 0.3 is 0 Å². The highest BCUT2D eigenvalue weighted by Crippen LogP contribution is 1.97. The molecule has 0 saturated heterocycles. The van der Waals surface area contributed by atoms with E-state index in [4.69, 9.17) is 0 Å². The molecule has 0 aliphatic carbocycles. The number of aromatic nitrogens is 4. The SMILES string of the molecule is CC(C)=Cc1cnnnn1. The van der Waals surface area contributed by atoms with Gasteiger partial charge in [-0.2, -0.15) is 0 Å². The Morgan fingerprint density at radius 1 is 1.40 bits per heavy atom. The van der Waals surface area contributed by atoms with Crippen molar-refractivity contribution in [3.05, 3.63) is 17.5 Å². The van der Waals surface area contributed by atoms with Crippen LogP contribution in [0, 0.1) is 0 Å². The molecule has 0 fully saturated rings. The summed E-state index contributed by atoms with van der Waals surface area (Å²) in [7, 11) is 0. The van der Waals surface area contributed by atoms with Crippen molar-refractivity contribution in [3.63, 3.8) is 0 Å². The zero-order valence-electron chi connectivity index (χ0n) is 5.94. The molecule has 0 N–H and O–H groups in total. The van der Waals surface area contributed by atoms with E-state index >= 15 is 0 Å². The molecular formula is C6H8N4. The summed E-state index contributed by atoms with van der Waals surface area (Å²) < 4.78 is 0. The molecule has 0 aromatic carbocycles. The first-order valence-electron chi connectivity index (χ1n) is 2.95. The maximum absolute atomic E-state index is 3.72. The Morgan fingerprint density at radius 3 is 2.70 bits per heavy atom. The van der Waals surface area contributed by atoms with Crippen molar-refractivity contribution in [1.82, 2.24) is 20.6 Å². The molecule has 0 spiro atoms. The van der Waals surface area contributed by atoms with Gasteiger partial charge in [-0.15, -0.1) is 10.2 Å². The van der Waals surface area contributed by atoms with Crippen LogP contribution in [0.5, 0.6) is 0 Å². The van der Waals surface area contributed by atoms with Gasteiger partial charge in [-0.1, -0.05) is 5.57 Å². The Labute approximate surface area is 59.0 Å². The minimum Gasteiger partial charge on any atom is -0.135 e. The van der Waals surface area contributed by atoms with E-state index < -0.39 is 0 Å². The lowest BCUT2D eigenvalue weighted by molar-refractivity contribution is 0.755. The largest absolute Gasteiger partial charge is 0.135 e. The van der Waals surface area contributed by atoms with Crippen LogP contribution in [0.2, 0.25) is 0 Å². The Kier molecular flexibility index (Phi) is 2.04. The zero-order chi connectivity index (χ0) is 7.40. The summed E-state index contributed by atoms with van der Waals surface area (Å²) in [6.45, 7) is 3.98. The number of rotatable bonds is 1. The third-order valence-electron chi connectivity index (χ3n) is 0.878. The predicted molar refractivity (Wildman–Crippen MR) is 36.9 cm³/mol. The smallest absolute Gasteiger partial charge is 0.108 e. The Morgan fingerprint density at radius 2 is 2.20 bits per heavy atom. The van der Waals surface area contributed by atoms with Gasteiger partial charge in [-0.25, -0.2) is 0 Å². The minimum atomic E-state index is 0.745. The number of hydrogen-bond donors (Lipinski definition) is 0. The molecule has 0 saturated carbocycles. The normalized spacial score (nSPS) is 9.00. The van der Waals surface area contributed by atoms with Crippen molar-refractivity contribution in [2.75, 3.05) is 0 Å². The average Bonchev–Trinajstić information content (AvgIpc) is 1.88. The van der Waals surface area contributed by atoms with Crippen LogP contribution in [0.4, 0.5) is 0 Å². The van der Waals surface area contributed by atoms with Crippen LogP contribution in [0.15, 0.2) is 11.8 Å². The van der Waals surface area contributed by atoms with Crippen molar-refractivity contribution < 1.29 is 0 Å². The van der Waals surface area contributed by atoms with Gasteiger partial charge < -0.3 is 0 Å². The second-order valence-corrected chi connectivity index (χ2v) is 2.17. The molecule has 1 aromatic rings. The van der Waals surface area contributed by atoms with Crippen molar-refractivity contribution in [2.45, 2.75) is 13.8 Å². The maximum Gasteiger partial charge on any atom is 0.108 e. The van der Waals surface area contributed by atoms with Crippen molar-refractivity contribution in [1.29, 1.82) is 0 Å². The number of nitrogens with zero attached hydrogens (tertiary/aromatic N) is 4. The fraction of sp³-hybridized carbons (Fsp3) is 0.333. The topological polar surface area (TPSA) is 51.6 Å². The van der Waals surface area contributed by atoms with Crippen molar-refractivity contribution in [3.8, 4) is 0 Å². The second kappa shape index (κ2) is 3.00. The molecule has 4 nitrogen and oxygen atoms in total. The van der Waals surface area contributed by atoms with Crippen LogP contribution in [-0.4, -0.2) is 20.6 Å². The van der Waals surface area contributed by atoms with Crippen LogP contribution in [0.3, 0.4) is 0 Å². The highest BCUT2D eigenvalue weighted by atomic mass is 15.4. The molecule has 52 valence electrons. The zero-order valence-corrected chi connectivity index (χ0v) is 5.94. The van der Waals surface area contributed by atoms with Gasteiger partial charge in [0, 0.05) is 0 Å². The second-order valence-electron chi connectivity index (χ2n) is 2.17. The summed E-state index contributed by atoms with van der Waals surface area (Å²) in [6.07, 6.45) is 3.46. The fourth-order valence-electron chi connectivity index (χ4n) is 0.567. The Balaban J connectivity index is 2.87. The highest BCUT2D eigenvalue weighted by molar-refractivity contribution is 5.45. The number of allylic oxidation sites excluding steroid dienone is 1. The third kappa shape index (κ3) is 1.89. The first-order chi connectivity index (χ1) is 4.79. The molecule has 0 aliphatic heterocycles. The summed E-state index contributed by atoms with van der Waals surface area (Å²) in [5.74, 6) is 0. The quantitative estimate of drug-likeness (QED) is 0.570. The van der Waals surface area contributed by atoms with Gasteiger partial charge in [0.1, 0.15) is 5.69 Å². The van der Waals surface area contributed by atoms with Crippen molar-refractivity contribution in [2.24, 2.45) is 0 Å². The van der Waals surface area contributed by atoms with Crippen LogP contribution < -0.4 is 0 Å². The lowest BCUT2D eigenvalue weighted by atomic mass is 10.3.